The average Bonchev–Trinajstić information content (AvgIpc) is 2.53. The maximum Gasteiger partial charge on any atom is 1.00 e. The minimum absolute atomic E-state index is 0. The Morgan fingerprint density at radius 1 is 0.680 bits per heavy atom. The molecule has 124 valence electrons. The number of carbonyl (C=O) groups is 2. The molecule has 0 unspecified atom stereocenters. The van der Waals surface area contributed by atoms with Gasteiger partial charge in [-0.3, -0.25) is 0 Å². The molecule has 0 spiro atoms. The van der Waals surface area contributed by atoms with Crippen molar-refractivity contribution in [1.82, 2.24) is 0 Å². The molecule has 0 saturated heterocycles. The first kappa shape index (κ1) is 28.7. The monoisotopic (exact) mass is 366 g/mol. The summed E-state index contributed by atoms with van der Waals surface area (Å²) in [5.41, 5.74) is 0. The molecule has 0 aliphatic heterocycles. The minimum Gasteiger partial charge on any atom is -0.546 e. The van der Waals surface area contributed by atoms with Gasteiger partial charge in [-0.1, -0.05) is 36.4 Å². The minimum atomic E-state index is -1.21. The number of carboxylic acids is 2. The SMILES string of the molecule is O.O=C([O-])COc1ccccc1.O=C([O-])COc1ccccc1.[Na+].[Na+]. The van der Waals surface area contributed by atoms with Crippen LogP contribution in [0.2, 0.25) is 0 Å². The third-order valence-corrected chi connectivity index (χ3v) is 2.20. The van der Waals surface area contributed by atoms with Crippen molar-refractivity contribution in [1.29, 1.82) is 0 Å². The molecule has 0 bridgehead atoms. The zero-order valence-corrected chi connectivity index (χ0v) is 18.1. The third kappa shape index (κ3) is 16.2. The van der Waals surface area contributed by atoms with E-state index >= 15 is 0 Å². The standard InChI is InChI=1S/2C8H8O3.2Na.H2O/c2*9-8(10)6-11-7-4-2-1-3-5-7;;;/h2*1-5H,6H2,(H,9,10);;;1H2/q;;2*+1;/p-2. The van der Waals surface area contributed by atoms with Gasteiger partial charge < -0.3 is 34.8 Å². The number of hydrogen-bond acceptors (Lipinski definition) is 6. The van der Waals surface area contributed by atoms with Gasteiger partial charge >= 0.3 is 59.1 Å². The maximum atomic E-state index is 9.94. The zero-order valence-electron chi connectivity index (χ0n) is 14.1. The van der Waals surface area contributed by atoms with Gasteiger partial charge in [-0.05, 0) is 24.3 Å². The van der Waals surface area contributed by atoms with Gasteiger partial charge in [0.05, 0.1) is 11.9 Å². The van der Waals surface area contributed by atoms with E-state index in [1.807, 2.05) is 12.1 Å². The van der Waals surface area contributed by atoms with Crippen LogP contribution in [0.5, 0.6) is 11.5 Å². The van der Waals surface area contributed by atoms with Crippen molar-refractivity contribution in [2.24, 2.45) is 0 Å². The summed E-state index contributed by atoms with van der Waals surface area (Å²) in [5, 5.41) is 19.9. The molecule has 0 fully saturated rings. The molecule has 2 aromatic carbocycles. The van der Waals surface area contributed by atoms with Crippen molar-refractivity contribution < 1.29 is 93.9 Å². The Labute approximate surface area is 189 Å². The van der Waals surface area contributed by atoms with Gasteiger partial charge in [0.25, 0.3) is 0 Å². The summed E-state index contributed by atoms with van der Waals surface area (Å²) in [6.07, 6.45) is 0. The van der Waals surface area contributed by atoms with E-state index in [4.69, 9.17) is 9.47 Å². The van der Waals surface area contributed by atoms with Crippen LogP contribution in [0.3, 0.4) is 0 Å². The van der Waals surface area contributed by atoms with Crippen molar-refractivity contribution in [2.45, 2.75) is 0 Å². The van der Waals surface area contributed by atoms with E-state index in [9.17, 15) is 19.8 Å². The third-order valence-electron chi connectivity index (χ3n) is 2.20. The molecule has 0 heterocycles. The van der Waals surface area contributed by atoms with Gasteiger partial charge in [-0.15, -0.1) is 0 Å². The van der Waals surface area contributed by atoms with Crippen molar-refractivity contribution >= 4 is 11.9 Å². The molecule has 0 amide bonds. The smallest absolute Gasteiger partial charge is 0.546 e. The molecule has 2 aromatic rings. The molecule has 0 atom stereocenters. The number of carboxylic acid groups (broad SMARTS) is 2. The topological polar surface area (TPSA) is 130 Å². The molecule has 0 aliphatic rings. The Morgan fingerprint density at radius 3 is 1.20 bits per heavy atom. The van der Waals surface area contributed by atoms with E-state index in [1.165, 1.54) is 0 Å². The van der Waals surface area contributed by atoms with E-state index in [2.05, 4.69) is 0 Å². The summed E-state index contributed by atoms with van der Waals surface area (Å²) < 4.78 is 9.61. The van der Waals surface area contributed by atoms with Crippen molar-refractivity contribution in [3.8, 4) is 11.5 Å². The fourth-order valence-electron chi connectivity index (χ4n) is 1.32. The molecule has 2 N–H and O–H groups in total. The van der Waals surface area contributed by atoms with Crippen LogP contribution in [0, 0.1) is 0 Å². The Bertz CT molecular complexity index is 526. The number of para-hydroxylation sites is 2. The number of carbonyl (C=O) groups excluding carboxylic acids is 2. The van der Waals surface area contributed by atoms with E-state index in [0.29, 0.717) is 11.5 Å². The van der Waals surface area contributed by atoms with Crippen LogP contribution in [0.1, 0.15) is 0 Å². The van der Waals surface area contributed by atoms with E-state index in [1.54, 1.807) is 48.5 Å². The number of rotatable bonds is 6. The number of aliphatic carboxylic acids is 2. The fraction of sp³-hybridized carbons (Fsp3) is 0.125. The van der Waals surface area contributed by atoms with Crippen molar-refractivity contribution in [2.75, 3.05) is 13.2 Å². The first-order valence-electron chi connectivity index (χ1n) is 6.33. The summed E-state index contributed by atoms with van der Waals surface area (Å²) in [6.45, 7) is -0.798. The van der Waals surface area contributed by atoms with Gasteiger partial charge in [-0.2, -0.15) is 0 Å². The molecule has 0 radical (unpaired) electrons. The summed E-state index contributed by atoms with van der Waals surface area (Å²) in [6, 6.07) is 17.5. The van der Waals surface area contributed by atoms with Gasteiger partial charge in [0.2, 0.25) is 0 Å². The zero-order chi connectivity index (χ0) is 16.2. The number of ether oxygens (including phenoxy) is 2. The number of hydrogen-bond donors (Lipinski definition) is 0. The molecule has 0 aliphatic carbocycles. The number of benzene rings is 2. The largest absolute Gasteiger partial charge is 1.00 e. The van der Waals surface area contributed by atoms with Crippen molar-refractivity contribution in [3.63, 3.8) is 0 Å². The van der Waals surface area contributed by atoms with E-state index in [-0.39, 0.29) is 64.6 Å². The predicted octanol–water partition coefficient (Wildman–Crippen LogP) is -7.19. The summed E-state index contributed by atoms with van der Waals surface area (Å²) >= 11 is 0. The Kier molecular flexibility index (Phi) is 20.4. The second-order valence-corrected chi connectivity index (χ2v) is 3.95. The van der Waals surface area contributed by atoms with Crippen LogP contribution >= 0.6 is 0 Å². The van der Waals surface area contributed by atoms with Gasteiger partial charge in [0.1, 0.15) is 24.7 Å². The first-order chi connectivity index (χ1) is 10.6. The molecule has 0 saturated carbocycles. The normalized spacial score (nSPS) is 8.00. The quantitative estimate of drug-likeness (QED) is 0.467. The Balaban J connectivity index is -0.000000346. The van der Waals surface area contributed by atoms with Gasteiger partial charge in [-0.25, -0.2) is 0 Å². The first-order valence-corrected chi connectivity index (χ1v) is 6.33. The summed E-state index contributed by atoms with van der Waals surface area (Å²) in [7, 11) is 0. The summed E-state index contributed by atoms with van der Waals surface area (Å²) in [4.78, 5) is 19.9. The van der Waals surface area contributed by atoms with Crippen LogP contribution < -0.4 is 78.8 Å². The Hall–Kier alpha value is -1.06. The second-order valence-electron chi connectivity index (χ2n) is 3.95. The van der Waals surface area contributed by atoms with Crippen LogP contribution in [-0.4, -0.2) is 30.6 Å². The second kappa shape index (κ2) is 17.8. The Morgan fingerprint density at radius 2 is 0.960 bits per heavy atom. The van der Waals surface area contributed by atoms with Gasteiger partial charge in [0.15, 0.2) is 0 Å². The maximum absolute atomic E-state index is 9.94. The van der Waals surface area contributed by atoms with Gasteiger partial charge in [0, 0.05) is 0 Å². The molecule has 7 nitrogen and oxygen atoms in total. The van der Waals surface area contributed by atoms with Crippen LogP contribution in [0.4, 0.5) is 0 Å². The molecule has 2 rings (SSSR count). The molecule has 25 heavy (non-hydrogen) atoms. The molecule has 0 aromatic heterocycles. The molecular formula is C16H16Na2O7. The van der Waals surface area contributed by atoms with Crippen LogP contribution in [0.15, 0.2) is 60.7 Å². The van der Waals surface area contributed by atoms with Crippen LogP contribution in [-0.2, 0) is 9.59 Å². The fourth-order valence-corrected chi connectivity index (χ4v) is 1.32. The van der Waals surface area contributed by atoms with Crippen molar-refractivity contribution in [3.05, 3.63) is 60.7 Å². The van der Waals surface area contributed by atoms with Crippen LogP contribution in [0.25, 0.3) is 0 Å². The predicted molar refractivity (Wildman–Crippen MR) is 77.5 cm³/mol. The molecular weight excluding hydrogens is 350 g/mol. The van der Waals surface area contributed by atoms with E-state index in [0.717, 1.165) is 0 Å². The van der Waals surface area contributed by atoms with E-state index < -0.39 is 25.2 Å². The average molecular weight is 366 g/mol. The molecule has 9 heteroatoms. The summed E-state index contributed by atoms with van der Waals surface area (Å²) in [5.74, 6) is -1.35.